The monoisotopic (exact) mass is 361 g/mol. The number of nitriles is 1. The summed E-state index contributed by atoms with van der Waals surface area (Å²) in [6, 6.07) is 8.33. The number of rotatable bonds is 1. The lowest BCUT2D eigenvalue weighted by atomic mass is 10.1. The van der Waals surface area contributed by atoms with Crippen LogP contribution in [0.3, 0.4) is 0 Å². The van der Waals surface area contributed by atoms with Gasteiger partial charge in [0.05, 0.1) is 12.1 Å². The highest BCUT2D eigenvalue weighted by atomic mass is 32.2. The van der Waals surface area contributed by atoms with Crippen LogP contribution < -0.4 is 9.46 Å². The Morgan fingerprint density at radius 2 is 2.00 bits per heavy atom. The Kier molecular flexibility index (Phi) is 3.74. The van der Waals surface area contributed by atoms with Gasteiger partial charge in [-0.2, -0.15) is 5.26 Å². The Morgan fingerprint density at radius 1 is 1.28 bits per heavy atom. The van der Waals surface area contributed by atoms with Crippen molar-refractivity contribution in [2.45, 2.75) is 42.7 Å². The zero-order valence-electron chi connectivity index (χ0n) is 13.6. The van der Waals surface area contributed by atoms with Crippen molar-refractivity contribution in [3.8, 4) is 11.8 Å². The van der Waals surface area contributed by atoms with E-state index in [1.165, 1.54) is 6.07 Å². The summed E-state index contributed by atoms with van der Waals surface area (Å²) in [5.41, 5.74) is -0.848. The first-order valence-electron chi connectivity index (χ1n) is 8.44. The fourth-order valence-corrected chi connectivity index (χ4v) is 4.99. The lowest BCUT2D eigenvalue weighted by molar-refractivity contribution is -0.134. The number of benzene rings is 1. The van der Waals surface area contributed by atoms with E-state index in [-0.39, 0.29) is 16.9 Å². The van der Waals surface area contributed by atoms with Gasteiger partial charge < -0.3 is 9.64 Å². The maximum Gasteiger partial charge on any atom is 0.244 e. The summed E-state index contributed by atoms with van der Waals surface area (Å²) in [7, 11) is -3.65. The van der Waals surface area contributed by atoms with Crippen LogP contribution in [-0.2, 0) is 14.8 Å². The number of amides is 1. The minimum Gasteiger partial charge on any atom is -0.487 e. The van der Waals surface area contributed by atoms with Crippen molar-refractivity contribution in [2.24, 2.45) is 5.41 Å². The predicted molar refractivity (Wildman–Crippen MR) is 88.1 cm³/mol. The average molecular weight is 361 g/mol. The van der Waals surface area contributed by atoms with Gasteiger partial charge in [-0.25, -0.2) is 13.1 Å². The fourth-order valence-electron chi connectivity index (χ4n) is 3.55. The number of sulfonamides is 1. The van der Waals surface area contributed by atoms with Crippen LogP contribution in [0, 0.1) is 16.7 Å². The number of ether oxygens (including phenoxy) is 1. The van der Waals surface area contributed by atoms with Crippen LogP contribution in [0.25, 0.3) is 0 Å². The number of carbonyl (C=O) groups is 1. The van der Waals surface area contributed by atoms with Crippen LogP contribution in [-0.4, -0.2) is 44.5 Å². The van der Waals surface area contributed by atoms with Crippen LogP contribution in [0.5, 0.6) is 5.75 Å². The Bertz CT molecular complexity index is 857. The molecule has 1 aromatic carbocycles. The topological polar surface area (TPSA) is 99.5 Å². The molecule has 7 nitrogen and oxygen atoms in total. The van der Waals surface area contributed by atoms with Crippen LogP contribution in [0.4, 0.5) is 0 Å². The molecule has 0 aromatic heterocycles. The molecule has 1 saturated heterocycles. The lowest BCUT2D eigenvalue weighted by Crippen LogP contribution is -2.43. The summed E-state index contributed by atoms with van der Waals surface area (Å²) in [6.45, 7) is 0.888. The van der Waals surface area contributed by atoms with Gasteiger partial charge in [0.15, 0.2) is 0 Å². The molecular formula is C17H19N3O4S. The normalized spacial score (nSPS) is 29.0. The van der Waals surface area contributed by atoms with Gasteiger partial charge in [-0.1, -0.05) is 12.1 Å². The molecule has 0 bridgehead atoms. The number of carbonyl (C=O) groups excluding carboxylic acids is 1. The molecule has 1 saturated carbocycles. The van der Waals surface area contributed by atoms with Crippen molar-refractivity contribution in [3.63, 3.8) is 0 Å². The zero-order valence-corrected chi connectivity index (χ0v) is 14.5. The van der Waals surface area contributed by atoms with Gasteiger partial charge in [-0.05, 0) is 31.4 Å². The highest BCUT2D eigenvalue weighted by Gasteiger charge is 2.53. The standard InChI is InChI=1S/C17H19N3O4S/c18-11-17(7-8-17)16(21)20-9-5-12-13(6-10-20)24-14-3-1-2-4-15(14)25(22,23)19-12/h1-4,12-13,19H,5-10H2/t12-,13-/m0/s1. The van der Waals surface area contributed by atoms with E-state index in [4.69, 9.17) is 4.74 Å². The number of hydrogen-bond acceptors (Lipinski definition) is 5. The molecule has 2 heterocycles. The molecule has 25 heavy (non-hydrogen) atoms. The van der Waals surface area contributed by atoms with Crippen molar-refractivity contribution < 1.29 is 17.9 Å². The second-order valence-electron chi connectivity index (χ2n) is 6.89. The van der Waals surface area contributed by atoms with Gasteiger partial charge in [0.1, 0.15) is 22.2 Å². The molecule has 2 atom stereocenters. The fraction of sp³-hybridized carbons (Fsp3) is 0.529. The van der Waals surface area contributed by atoms with Gasteiger partial charge in [-0.3, -0.25) is 4.79 Å². The maximum absolute atomic E-state index is 12.6. The third-order valence-corrected chi connectivity index (χ3v) is 6.76. The maximum atomic E-state index is 12.6. The Labute approximate surface area is 146 Å². The second-order valence-corrected chi connectivity index (χ2v) is 8.58. The number of nitrogens with zero attached hydrogens (tertiary/aromatic N) is 2. The van der Waals surface area contributed by atoms with Gasteiger partial charge in [0, 0.05) is 19.5 Å². The molecule has 3 aliphatic rings. The Hall–Kier alpha value is -2.11. The summed E-state index contributed by atoms with van der Waals surface area (Å²) in [6.07, 6.45) is 1.87. The Balaban J connectivity index is 1.57. The number of fused-ring (bicyclic) bond motifs is 2. The van der Waals surface area contributed by atoms with E-state index >= 15 is 0 Å². The van der Waals surface area contributed by atoms with E-state index in [2.05, 4.69) is 10.8 Å². The molecule has 2 fully saturated rings. The van der Waals surface area contributed by atoms with Crippen molar-refractivity contribution in [3.05, 3.63) is 24.3 Å². The van der Waals surface area contributed by atoms with Crippen LogP contribution >= 0.6 is 0 Å². The van der Waals surface area contributed by atoms with Gasteiger partial charge in [0.2, 0.25) is 15.9 Å². The van der Waals surface area contributed by atoms with E-state index in [9.17, 15) is 18.5 Å². The molecule has 4 rings (SSSR count). The predicted octanol–water partition coefficient (Wildman–Crippen LogP) is 1.02. The molecular weight excluding hydrogens is 342 g/mol. The molecule has 2 aliphatic heterocycles. The molecule has 8 heteroatoms. The lowest BCUT2D eigenvalue weighted by Gasteiger charge is -2.23. The first-order chi connectivity index (χ1) is 12.0. The molecule has 0 spiro atoms. The number of likely N-dealkylation sites (tertiary alicyclic amines) is 1. The molecule has 1 aromatic rings. The summed E-state index contributed by atoms with van der Waals surface area (Å²) < 4.78 is 33.9. The first-order valence-corrected chi connectivity index (χ1v) is 9.92. The van der Waals surface area contributed by atoms with E-state index < -0.39 is 21.5 Å². The van der Waals surface area contributed by atoms with Gasteiger partial charge >= 0.3 is 0 Å². The average Bonchev–Trinajstić information content (AvgIpc) is 3.41. The summed E-state index contributed by atoms with van der Waals surface area (Å²) >= 11 is 0. The summed E-state index contributed by atoms with van der Waals surface area (Å²) in [4.78, 5) is 14.4. The number of para-hydroxylation sites is 1. The van der Waals surface area contributed by atoms with Crippen molar-refractivity contribution in [2.75, 3.05) is 13.1 Å². The third-order valence-electron chi connectivity index (χ3n) is 5.23. The van der Waals surface area contributed by atoms with E-state index in [1.54, 1.807) is 23.1 Å². The third kappa shape index (κ3) is 2.77. The second kappa shape index (κ2) is 5.71. The van der Waals surface area contributed by atoms with Gasteiger partial charge in [-0.15, -0.1) is 0 Å². The summed E-state index contributed by atoms with van der Waals surface area (Å²) in [5, 5.41) is 9.24. The van der Waals surface area contributed by atoms with Crippen LogP contribution in [0.1, 0.15) is 25.7 Å². The minimum absolute atomic E-state index is 0.130. The number of hydrogen-bond donors (Lipinski definition) is 1. The molecule has 1 N–H and O–H groups in total. The zero-order chi connectivity index (χ0) is 17.7. The Morgan fingerprint density at radius 3 is 2.72 bits per heavy atom. The SMILES string of the molecule is N#CC1(C(=O)N2CC[C@@H]3NS(=O)(=O)c4ccccc4O[C@H]3CC2)CC1. The molecule has 0 radical (unpaired) electrons. The smallest absolute Gasteiger partial charge is 0.244 e. The van der Waals surface area contributed by atoms with E-state index in [0.29, 0.717) is 44.5 Å². The quantitative estimate of drug-likeness (QED) is 0.805. The van der Waals surface area contributed by atoms with Crippen molar-refractivity contribution >= 4 is 15.9 Å². The molecule has 0 unspecified atom stereocenters. The van der Waals surface area contributed by atoms with Crippen molar-refractivity contribution in [1.82, 2.24) is 9.62 Å². The highest BCUT2D eigenvalue weighted by Crippen LogP contribution is 2.46. The number of nitrogens with one attached hydrogen (secondary N) is 1. The van der Waals surface area contributed by atoms with Crippen LogP contribution in [0.15, 0.2) is 29.2 Å². The minimum atomic E-state index is -3.65. The van der Waals surface area contributed by atoms with Crippen molar-refractivity contribution in [1.29, 1.82) is 5.26 Å². The molecule has 132 valence electrons. The molecule has 1 aliphatic carbocycles. The van der Waals surface area contributed by atoms with Crippen LogP contribution in [0.2, 0.25) is 0 Å². The van der Waals surface area contributed by atoms with Gasteiger partial charge in [0.25, 0.3) is 0 Å². The van der Waals surface area contributed by atoms with E-state index in [0.717, 1.165) is 0 Å². The largest absolute Gasteiger partial charge is 0.487 e. The first kappa shape index (κ1) is 16.4. The molecule has 1 amide bonds. The van der Waals surface area contributed by atoms with E-state index in [1.807, 2.05) is 0 Å². The highest BCUT2D eigenvalue weighted by molar-refractivity contribution is 7.89. The summed E-state index contributed by atoms with van der Waals surface area (Å²) in [5.74, 6) is 0.215.